The maximum Gasteiger partial charge on any atom is 0.0485 e. The van der Waals surface area contributed by atoms with Crippen LogP contribution in [-0.2, 0) is 0 Å². The van der Waals surface area contributed by atoms with Crippen LogP contribution in [0.1, 0.15) is 39.5 Å². The largest absolute Gasteiger partial charge is 0.0873 e. The van der Waals surface area contributed by atoms with Gasteiger partial charge in [-0.25, -0.2) is 0 Å². The SMILES string of the molecule is CC1CCCCC1(C)N=[N+]=[N-]. The predicted octanol–water partition coefficient (Wildman–Crippen LogP) is 3.27. The van der Waals surface area contributed by atoms with E-state index in [1.165, 1.54) is 19.3 Å². The van der Waals surface area contributed by atoms with Crippen LogP contribution in [0, 0.1) is 5.92 Å². The molecular weight excluding hydrogens is 138 g/mol. The Hall–Kier alpha value is -0.690. The zero-order valence-electron chi connectivity index (χ0n) is 7.25. The summed E-state index contributed by atoms with van der Waals surface area (Å²) in [5.41, 5.74) is 8.26. The summed E-state index contributed by atoms with van der Waals surface area (Å²) in [4.78, 5) is 2.91. The Balaban J connectivity index is 2.72. The minimum Gasteiger partial charge on any atom is -0.0873 e. The molecule has 0 saturated heterocycles. The van der Waals surface area contributed by atoms with Gasteiger partial charge >= 0.3 is 0 Å². The van der Waals surface area contributed by atoms with Crippen molar-refractivity contribution in [3.8, 4) is 0 Å². The molecule has 2 unspecified atom stereocenters. The van der Waals surface area contributed by atoms with E-state index in [2.05, 4.69) is 23.9 Å². The van der Waals surface area contributed by atoms with Crippen LogP contribution in [0.2, 0.25) is 0 Å². The highest BCUT2D eigenvalue weighted by Gasteiger charge is 2.32. The summed E-state index contributed by atoms with van der Waals surface area (Å²) < 4.78 is 0. The average molecular weight is 153 g/mol. The summed E-state index contributed by atoms with van der Waals surface area (Å²) >= 11 is 0. The highest BCUT2D eigenvalue weighted by molar-refractivity contribution is 4.91. The molecule has 0 aliphatic heterocycles. The van der Waals surface area contributed by atoms with E-state index < -0.39 is 0 Å². The zero-order valence-corrected chi connectivity index (χ0v) is 7.25. The first-order valence-corrected chi connectivity index (χ1v) is 4.25. The highest BCUT2D eigenvalue weighted by Crippen LogP contribution is 2.36. The quantitative estimate of drug-likeness (QED) is 0.315. The second-order valence-electron chi connectivity index (χ2n) is 3.69. The molecule has 0 radical (unpaired) electrons. The van der Waals surface area contributed by atoms with Gasteiger partial charge in [0.05, 0.1) is 0 Å². The molecule has 0 aromatic carbocycles. The summed E-state index contributed by atoms with van der Waals surface area (Å²) in [5, 5.41) is 3.88. The molecular formula is C8H15N3. The van der Waals surface area contributed by atoms with Gasteiger partial charge < -0.3 is 0 Å². The summed E-state index contributed by atoms with van der Waals surface area (Å²) in [6.07, 6.45) is 4.76. The van der Waals surface area contributed by atoms with Gasteiger partial charge in [-0.3, -0.25) is 0 Å². The van der Waals surface area contributed by atoms with Crippen molar-refractivity contribution < 1.29 is 0 Å². The number of nitrogens with zero attached hydrogens (tertiary/aromatic N) is 3. The van der Waals surface area contributed by atoms with E-state index in [1.807, 2.05) is 0 Å². The van der Waals surface area contributed by atoms with Crippen LogP contribution in [0.3, 0.4) is 0 Å². The van der Waals surface area contributed by atoms with Gasteiger partial charge in [-0.2, -0.15) is 0 Å². The second kappa shape index (κ2) is 3.14. The third kappa shape index (κ3) is 1.66. The minimum atomic E-state index is -0.104. The van der Waals surface area contributed by atoms with Gasteiger partial charge in [0, 0.05) is 10.5 Å². The minimum absolute atomic E-state index is 0.104. The maximum atomic E-state index is 8.36. The second-order valence-corrected chi connectivity index (χ2v) is 3.69. The first kappa shape index (κ1) is 8.41. The van der Waals surface area contributed by atoms with E-state index >= 15 is 0 Å². The molecule has 1 aliphatic rings. The lowest BCUT2D eigenvalue weighted by Crippen LogP contribution is -2.33. The van der Waals surface area contributed by atoms with Gasteiger partial charge in [0.15, 0.2) is 0 Å². The van der Waals surface area contributed by atoms with E-state index in [0.29, 0.717) is 5.92 Å². The fraction of sp³-hybridized carbons (Fsp3) is 1.00. The van der Waals surface area contributed by atoms with Crippen molar-refractivity contribution in [2.45, 2.75) is 45.1 Å². The summed E-state index contributed by atoms with van der Waals surface area (Å²) in [7, 11) is 0. The van der Waals surface area contributed by atoms with Crippen molar-refractivity contribution in [2.75, 3.05) is 0 Å². The van der Waals surface area contributed by atoms with Gasteiger partial charge in [-0.1, -0.05) is 38.2 Å². The molecule has 2 atom stereocenters. The Morgan fingerprint density at radius 2 is 2.27 bits per heavy atom. The summed E-state index contributed by atoms with van der Waals surface area (Å²) in [6, 6.07) is 0. The van der Waals surface area contributed by atoms with Crippen LogP contribution in [0.25, 0.3) is 10.4 Å². The first-order chi connectivity index (χ1) is 5.19. The van der Waals surface area contributed by atoms with Crippen molar-refractivity contribution >= 4 is 0 Å². The van der Waals surface area contributed by atoms with Crippen LogP contribution in [0.5, 0.6) is 0 Å². The van der Waals surface area contributed by atoms with Crippen LogP contribution in [-0.4, -0.2) is 5.54 Å². The zero-order chi connectivity index (χ0) is 8.32. The molecule has 1 saturated carbocycles. The molecule has 0 bridgehead atoms. The molecule has 3 heteroatoms. The van der Waals surface area contributed by atoms with Crippen molar-refractivity contribution in [3.63, 3.8) is 0 Å². The Morgan fingerprint density at radius 3 is 2.82 bits per heavy atom. The number of hydrogen-bond donors (Lipinski definition) is 0. The predicted molar refractivity (Wildman–Crippen MR) is 45.2 cm³/mol. The van der Waals surface area contributed by atoms with Crippen LogP contribution >= 0.6 is 0 Å². The van der Waals surface area contributed by atoms with E-state index in [1.54, 1.807) is 0 Å². The van der Waals surface area contributed by atoms with E-state index in [4.69, 9.17) is 5.53 Å². The van der Waals surface area contributed by atoms with Crippen molar-refractivity contribution in [3.05, 3.63) is 10.4 Å². The Labute approximate surface area is 67.4 Å². The third-order valence-corrected chi connectivity index (χ3v) is 2.90. The normalized spacial score (nSPS) is 37.8. The lowest BCUT2D eigenvalue weighted by Gasteiger charge is -2.35. The summed E-state index contributed by atoms with van der Waals surface area (Å²) in [5.74, 6) is 0.548. The van der Waals surface area contributed by atoms with Crippen LogP contribution in [0.15, 0.2) is 5.11 Å². The topological polar surface area (TPSA) is 48.8 Å². The first-order valence-electron chi connectivity index (χ1n) is 4.25. The summed E-state index contributed by atoms with van der Waals surface area (Å²) in [6.45, 7) is 4.24. The fourth-order valence-electron chi connectivity index (χ4n) is 1.74. The molecule has 0 spiro atoms. The molecule has 62 valence electrons. The molecule has 1 fully saturated rings. The van der Waals surface area contributed by atoms with Gasteiger partial charge in [0.1, 0.15) is 0 Å². The molecule has 1 rings (SSSR count). The van der Waals surface area contributed by atoms with E-state index in [-0.39, 0.29) is 5.54 Å². The van der Waals surface area contributed by atoms with E-state index in [0.717, 1.165) is 6.42 Å². The maximum absolute atomic E-state index is 8.36. The monoisotopic (exact) mass is 153 g/mol. The number of rotatable bonds is 1. The standard InChI is InChI=1S/C8H15N3/c1-7-5-3-4-6-8(7,2)10-11-9/h7H,3-6H2,1-2H3. The average Bonchev–Trinajstić information content (AvgIpc) is 1.96. The lowest BCUT2D eigenvalue weighted by atomic mass is 9.76. The fourth-order valence-corrected chi connectivity index (χ4v) is 1.74. The lowest BCUT2D eigenvalue weighted by molar-refractivity contribution is 0.226. The number of azide groups is 1. The van der Waals surface area contributed by atoms with Crippen LogP contribution < -0.4 is 0 Å². The van der Waals surface area contributed by atoms with Crippen molar-refractivity contribution in [1.29, 1.82) is 0 Å². The van der Waals surface area contributed by atoms with Gasteiger partial charge in [0.25, 0.3) is 0 Å². The molecule has 0 aromatic rings. The smallest absolute Gasteiger partial charge is 0.0485 e. The molecule has 1 aliphatic carbocycles. The molecule has 0 amide bonds. The van der Waals surface area contributed by atoms with Gasteiger partial charge in [-0.15, -0.1) is 0 Å². The molecule has 0 aromatic heterocycles. The van der Waals surface area contributed by atoms with Crippen molar-refractivity contribution in [1.82, 2.24) is 0 Å². The molecule has 3 nitrogen and oxygen atoms in total. The molecule has 11 heavy (non-hydrogen) atoms. The Kier molecular flexibility index (Phi) is 2.40. The van der Waals surface area contributed by atoms with E-state index in [9.17, 15) is 0 Å². The van der Waals surface area contributed by atoms with Gasteiger partial charge in [-0.05, 0) is 17.9 Å². The Bertz CT molecular complexity index is 184. The number of hydrogen-bond acceptors (Lipinski definition) is 1. The van der Waals surface area contributed by atoms with Gasteiger partial charge in [0.2, 0.25) is 0 Å². The van der Waals surface area contributed by atoms with Crippen LogP contribution in [0.4, 0.5) is 0 Å². The molecule has 0 N–H and O–H groups in total. The third-order valence-electron chi connectivity index (χ3n) is 2.90. The molecule has 0 heterocycles. The highest BCUT2D eigenvalue weighted by atomic mass is 15.2. The Morgan fingerprint density at radius 1 is 1.55 bits per heavy atom. The van der Waals surface area contributed by atoms with Crippen molar-refractivity contribution in [2.24, 2.45) is 11.0 Å².